The van der Waals surface area contributed by atoms with E-state index in [9.17, 15) is 0 Å². The van der Waals surface area contributed by atoms with E-state index in [1.54, 1.807) is 0 Å². The van der Waals surface area contributed by atoms with Crippen molar-refractivity contribution >= 4 is 0 Å². The first-order valence-electron chi connectivity index (χ1n) is 6.99. The Hall–Kier alpha value is -0.0800. The fourth-order valence-corrected chi connectivity index (χ4v) is 2.33. The molecule has 0 aliphatic heterocycles. The van der Waals surface area contributed by atoms with Crippen LogP contribution in [0, 0.1) is 5.92 Å². The van der Waals surface area contributed by atoms with Crippen molar-refractivity contribution in [3.8, 4) is 0 Å². The first kappa shape index (κ1) is 15.0. The van der Waals surface area contributed by atoms with Gasteiger partial charge >= 0.3 is 0 Å². The van der Waals surface area contributed by atoms with E-state index in [4.69, 9.17) is 9.47 Å². The van der Waals surface area contributed by atoms with Crippen molar-refractivity contribution in [2.24, 2.45) is 5.92 Å². The molecule has 1 rings (SSSR count). The molecule has 0 bridgehead atoms. The summed E-state index contributed by atoms with van der Waals surface area (Å²) in [5.41, 5.74) is -0.0777. The van der Waals surface area contributed by atoms with Crippen LogP contribution in [0.5, 0.6) is 0 Å². The van der Waals surface area contributed by atoms with Crippen LogP contribution in [-0.2, 0) is 9.47 Å². The molecule has 0 saturated heterocycles. The highest BCUT2D eigenvalue weighted by Gasteiger charge is 2.30. The van der Waals surface area contributed by atoms with Crippen LogP contribution in [-0.4, -0.2) is 23.9 Å². The van der Waals surface area contributed by atoms with Crippen molar-refractivity contribution in [1.29, 1.82) is 0 Å². The molecule has 1 aliphatic carbocycles. The van der Waals surface area contributed by atoms with Crippen LogP contribution < -0.4 is 0 Å². The molecule has 0 spiro atoms. The van der Waals surface area contributed by atoms with E-state index >= 15 is 0 Å². The van der Waals surface area contributed by atoms with Crippen LogP contribution in [0.2, 0.25) is 0 Å². The topological polar surface area (TPSA) is 18.5 Å². The predicted octanol–water partition coefficient (Wildman–Crippen LogP) is 4.18. The van der Waals surface area contributed by atoms with E-state index in [-0.39, 0.29) is 11.2 Å². The maximum absolute atomic E-state index is 6.18. The zero-order chi connectivity index (χ0) is 13.1. The standard InChI is InChI=1S/C15H30O2/c1-14(2,3)16-11-12-9-7-8-10-13(12)17-15(4,5)6/h12-13H,7-11H2,1-6H3. The summed E-state index contributed by atoms with van der Waals surface area (Å²) in [6.07, 6.45) is 5.44. The van der Waals surface area contributed by atoms with Gasteiger partial charge in [0.15, 0.2) is 0 Å². The van der Waals surface area contributed by atoms with Gasteiger partial charge in [-0.1, -0.05) is 12.8 Å². The van der Waals surface area contributed by atoms with Gasteiger partial charge in [-0.3, -0.25) is 0 Å². The van der Waals surface area contributed by atoms with Gasteiger partial charge in [-0.15, -0.1) is 0 Å². The Balaban J connectivity index is 2.48. The van der Waals surface area contributed by atoms with Crippen LogP contribution in [0.1, 0.15) is 67.2 Å². The van der Waals surface area contributed by atoms with Crippen LogP contribution in [0.15, 0.2) is 0 Å². The third-order valence-corrected chi connectivity index (χ3v) is 3.07. The van der Waals surface area contributed by atoms with Crippen molar-refractivity contribution in [1.82, 2.24) is 0 Å². The molecule has 0 aromatic heterocycles. The summed E-state index contributed by atoms with van der Waals surface area (Å²) in [6.45, 7) is 13.6. The molecule has 102 valence electrons. The Morgan fingerprint density at radius 2 is 1.47 bits per heavy atom. The van der Waals surface area contributed by atoms with E-state index in [0.717, 1.165) is 6.61 Å². The highest BCUT2D eigenvalue weighted by molar-refractivity contribution is 4.79. The van der Waals surface area contributed by atoms with Crippen LogP contribution in [0.3, 0.4) is 0 Å². The van der Waals surface area contributed by atoms with E-state index in [2.05, 4.69) is 41.5 Å². The first-order chi connectivity index (χ1) is 7.67. The predicted molar refractivity (Wildman–Crippen MR) is 72.3 cm³/mol. The Labute approximate surface area is 107 Å². The van der Waals surface area contributed by atoms with E-state index < -0.39 is 0 Å². The average Bonchev–Trinajstić information content (AvgIpc) is 2.12. The molecule has 0 radical (unpaired) electrons. The van der Waals surface area contributed by atoms with Crippen molar-refractivity contribution in [2.75, 3.05) is 6.61 Å². The Kier molecular flexibility index (Phi) is 5.03. The number of hydrogen-bond acceptors (Lipinski definition) is 2. The SMILES string of the molecule is CC(C)(C)OCC1CCCCC1OC(C)(C)C. The highest BCUT2D eigenvalue weighted by atomic mass is 16.5. The molecule has 0 heterocycles. The molecule has 1 aliphatic rings. The summed E-state index contributed by atoms with van der Waals surface area (Å²) >= 11 is 0. The van der Waals surface area contributed by atoms with E-state index in [0.29, 0.717) is 12.0 Å². The minimum Gasteiger partial charge on any atom is -0.375 e. The van der Waals surface area contributed by atoms with Crippen LogP contribution in [0.25, 0.3) is 0 Å². The summed E-state index contributed by atoms with van der Waals surface area (Å²) in [4.78, 5) is 0. The number of ether oxygens (including phenoxy) is 2. The van der Waals surface area contributed by atoms with Crippen molar-refractivity contribution in [3.63, 3.8) is 0 Å². The Morgan fingerprint density at radius 1 is 0.882 bits per heavy atom. The first-order valence-corrected chi connectivity index (χ1v) is 6.99. The zero-order valence-corrected chi connectivity index (χ0v) is 12.5. The molecule has 0 aromatic carbocycles. The second kappa shape index (κ2) is 5.71. The highest BCUT2D eigenvalue weighted by Crippen LogP contribution is 2.31. The quantitative estimate of drug-likeness (QED) is 0.739. The smallest absolute Gasteiger partial charge is 0.0632 e. The number of hydrogen-bond donors (Lipinski definition) is 0. The zero-order valence-electron chi connectivity index (χ0n) is 12.5. The molecule has 0 aromatic rings. The maximum atomic E-state index is 6.18. The number of rotatable bonds is 3. The van der Waals surface area contributed by atoms with Crippen LogP contribution >= 0.6 is 0 Å². The molecule has 2 unspecified atom stereocenters. The van der Waals surface area contributed by atoms with Gasteiger partial charge in [0.2, 0.25) is 0 Å². The lowest BCUT2D eigenvalue weighted by Crippen LogP contribution is -2.38. The molecular formula is C15H30O2. The summed E-state index contributed by atoms with van der Waals surface area (Å²) in [5, 5.41) is 0. The summed E-state index contributed by atoms with van der Waals surface area (Å²) in [7, 11) is 0. The second-order valence-electron chi connectivity index (χ2n) is 7.24. The van der Waals surface area contributed by atoms with Crippen molar-refractivity contribution in [3.05, 3.63) is 0 Å². The van der Waals surface area contributed by atoms with Gasteiger partial charge in [-0.2, -0.15) is 0 Å². The summed E-state index contributed by atoms with van der Waals surface area (Å²) in [6, 6.07) is 0. The Bertz CT molecular complexity index is 222. The molecule has 17 heavy (non-hydrogen) atoms. The van der Waals surface area contributed by atoms with Gasteiger partial charge < -0.3 is 9.47 Å². The largest absolute Gasteiger partial charge is 0.375 e. The van der Waals surface area contributed by atoms with Gasteiger partial charge in [-0.05, 0) is 54.4 Å². The molecule has 2 nitrogen and oxygen atoms in total. The summed E-state index contributed by atoms with van der Waals surface area (Å²) in [5.74, 6) is 0.571. The third kappa shape index (κ3) is 6.42. The average molecular weight is 242 g/mol. The van der Waals surface area contributed by atoms with Crippen LogP contribution in [0.4, 0.5) is 0 Å². The van der Waals surface area contributed by atoms with E-state index in [1.165, 1.54) is 25.7 Å². The van der Waals surface area contributed by atoms with E-state index in [1.807, 2.05) is 0 Å². The lowest BCUT2D eigenvalue weighted by Gasteiger charge is -2.37. The molecule has 1 saturated carbocycles. The minimum atomic E-state index is -0.0397. The van der Waals surface area contributed by atoms with Crippen molar-refractivity contribution in [2.45, 2.75) is 84.5 Å². The Morgan fingerprint density at radius 3 is 2.00 bits per heavy atom. The minimum absolute atomic E-state index is 0.0380. The lowest BCUT2D eigenvalue weighted by molar-refractivity contribution is -0.125. The molecule has 1 fully saturated rings. The van der Waals surface area contributed by atoms with Crippen molar-refractivity contribution < 1.29 is 9.47 Å². The monoisotopic (exact) mass is 242 g/mol. The summed E-state index contributed by atoms with van der Waals surface area (Å²) < 4.78 is 12.1. The normalized spacial score (nSPS) is 27.2. The van der Waals surface area contributed by atoms with Gasteiger partial charge in [0.25, 0.3) is 0 Å². The van der Waals surface area contributed by atoms with Gasteiger partial charge in [-0.25, -0.2) is 0 Å². The van der Waals surface area contributed by atoms with Gasteiger partial charge in [0, 0.05) is 5.92 Å². The van der Waals surface area contributed by atoms with Gasteiger partial charge in [0.1, 0.15) is 0 Å². The van der Waals surface area contributed by atoms with Gasteiger partial charge in [0.05, 0.1) is 23.9 Å². The molecule has 2 atom stereocenters. The third-order valence-electron chi connectivity index (χ3n) is 3.07. The lowest BCUT2D eigenvalue weighted by atomic mass is 9.86. The fourth-order valence-electron chi connectivity index (χ4n) is 2.33. The molecular weight excluding hydrogens is 212 g/mol. The maximum Gasteiger partial charge on any atom is 0.0632 e. The fraction of sp³-hybridized carbons (Fsp3) is 1.00. The molecule has 0 amide bonds. The molecule has 2 heteroatoms. The molecule has 0 N–H and O–H groups in total. The second-order valence-corrected chi connectivity index (χ2v) is 7.24.